The summed E-state index contributed by atoms with van der Waals surface area (Å²) in [5, 5.41) is 0. The van der Waals surface area contributed by atoms with E-state index in [1.807, 2.05) is 0 Å². The summed E-state index contributed by atoms with van der Waals surface area (Å²) < 4.78 is 0.877. The Labute approximate surface area is 138 Å². The molecule has 1 nitrogen and oxygen atoms in total. The van der Waals surface area contributed by atoms with Gasteiger partial charge in [0.15, 0.2) is 0 Å². The summed E-state index contributed by atoms with van der Waals surface area (Å²) in [5.74, 6) is 0. The van der Waals surface area contributed by atoms with E-state index in [1.54, 1.807) is 0 Å². The molecule has 0 saturated heterocycles. The number of allylic oxidation sites excluding steroid dienone is 2. The first kappa shape index (κ1) is 22.2. The van der Waals surface area contributed by atoms with Gasteiger partial charge in [-0.1, -0.05) is 52.4 Å². The topological polar surface area (TPSA) is 0 Å². The van der Waals surface area contributed by atoms with Crippen LogP contribution in [0.3, 0.4) is 0 Å². The Balaban J connectivity index is 0. The van der Waals surface area contributed by atoms with Gasteiger partial charge < -0.3 is 17.0 Å². The molecule has 0 rings (SSSR count). The molecular formula is C18H36BrN. The molecule has 0 aliphatic rings. The van der Waals surface area contributed by atoms with Crippen molar-refractivity contribution in [3.63, 3.8) is 0 Å². The van der Waals surface area contributed by atoms with Crippen LogP contribution in [0, 0.1) is 0 Å². The summed E-state index contributed by atoms with van der Waals surface area (Å²) >= 11 is 0. The molecule has 0 amide bonds. The summed E-state index contributed by atoms with van der Waals surface area (Å²) in [5.41, 5.74) is 0. The predicted molar refractivity (Wildman–Crippen MR) is 87.9 cm³/mol. The van der Waals surface area contributed by atoms with E-state index in [0.717, 1.165) is 4.48 Å². The van der Waals surface area contributed by atoms with Gasteiger partial charge in [-0.2, -0.15) is 0 Å². The minimum absolute atomic E-state index is 0. The maximum absolute atomic E-state index is 2.34. The second-order valence-corrected chi connectivity index (χ2v) is 6.10. The van der Waals surface area contributed by atoms with Crippen molar-refractivity contribution in [3.8, 4) is 0 Å². The summed E-state index contributed by atoms with van der Waals surface area (Å²) in [7, 11) is 4.48. The maximum Gasteiger partial charge on any atom is 0.0959 e. The van der Waals surface area contributed by atoms with Gasteiger partial charge in [0.25, 0.3) is 0 Å². The van der Waals surface area contributed by atoms with Crippen molar-refractivity contribution in [2.24, 2.45) is 0 Å². The molecule has 0 aliphatic heterocycles. The fourth-order valence-corrected chi connectivity index (χ4v) is 2.12. The van der Waals surface area contributed by atoms with Crippen molar-refractivity contribution in [1.29, 1.82) is 0 Å². The average molecular weight is 346 g/mol. The molecule has 0 saturated carbocycles. The Hall–Kier alpha value is -0.0800. The molecule has 0 unspecified atom stereocenters. The number of unbranched alkanes of at least 4 members (excludes halogenated alkanes) is 8. The fourth-order valence-electron chi connectivity index (χ4n) is 2.12. The fraction of sp³-hybridized carbons (Fsp3) is 0.778. The van der Waals surface area contributed by atoms with Gasteiger partial charge in [0.05, 0.1) is 26.5 Å². The average Bonchev–Trinajstić information content (AvgIpc) is 2.38. The normalized spacial score (nSPS) is 12.2. The van der Waals surface area contributed by atoms with Crippen molar-refractivity contribution in [3.05, 3.63) is 24.6 Å². The smallest absolute Gasteiger partial charge is 0.0959 e. The summed E-state index contributed by atoms with van der Waals surface area (Å²) in [6.45, 7) is 4.53. The third kappa shape index (κ3) is 16.0. The van der Waals surface area contributed by atoms with Gasteiger partial charge in [0.2, 0.25) is 0 Å². The Morgan fingerprint density at radius 2 is 1.05 bits per heavy atom. The summed E-state index contributed by atoms with van der Waals surface area (Å²) in [4.78, 5) is 0. The molecule has 20 heavy (non-hydrogen) atoms. The van der Waals surface area contributed by atoms with Crippen LogP contribution < -0.4 is 17.0 Å². The summed E-state index contributed by atoms with van der Waals surface area (Å²) in [6.07, 6.45) is 22.6. The SMILES string of the molecule is CCCCCCC=C[N+](C)(C)C=CCCCCCC.[Br-]. The zero-order valence-electron chi connectivity index (χ0n) is 14.2. The Morgan fingerprint density at radius 1 is 0.650 bits per heavy atom. The zero-order chi connectivity index (χ0) is 14.4. The highest BCUT2D eigenvalue weighted by atomic mass is 79.9. The van der Waals surface area contributed by atoms with Crippen molar-refractivity contribution in [2.75, 3.05) is 14.1 Å². The third-order valence-electron chi connectivity index (χ3n) is 3.43. The van der Waals surface area contributed by atoms with Crippen molar-refractivity contribution in [1.82, 2.24) is 0 Å². The highest BCUT2D eigenvalue weighted by Gasteiger charge is 2.04. The molecule has 0 aromatic rings. The number of quaternary nitrogens is 1. The number of hydrogen-bond acceptors (Lipinski definition) is 0. The second-order valence-electron chi connectivity index (χ2n) is 6.10. The first-order valence-corrected chi connectivity index (χ1v) is 8.31. The molecule has 2 heteroatoms. The van der Waals surface area contributed by atoms with Crippen molar-refractivity contribution >= 4 is 0 Å². The molecule has 0 heterocycles. The lowest BCUT2D eigenvalue weighted by Gasteiger charge is -2.19. The highest BCUT2D eigenvalue weighted by Crippen LogP contribution is 2.08. The van der Waals surface area contributed by atoms with E-state index < -0.39 is 0 Å². The van der Waals surface area contributed by atoms with Gasteiger partial charge in [-0.3, -0.25) is 4.48 Å². The molecule has 0 N–H and O–H groups in total. The molecular weight excluding hydrogens is 310 g/mol. The van der Waals surface area contributed by atoms with Crippen LogP contribution in [-0.4, -0.2) is 18.6 Å². The van der Waals surface area contributed by atoms with Gasteiger partial charge in [-0.05, 0) is 37.8 Å². The Bertz CT molecular complexity index is 220. The van der Waals surface area contributed by atoms with Gasteiger partial charge in [0, 0.05) is 0 Å². The maximum atomic E-state index is 2.34. The van der Waals surface area contributed by atoms with Crippen LogP contribution in [0.2, 0.25) is 0 Å². The van der Waals surface area contributed by atoms with Gasteiger partial charge in [0.1, 0.15) is 0 Å². The molecule has 120 valence electrons. The molecule has 0 bridgehead atoms. The van der Waals surface area contributed by atoms with E-state index in [1.165, 1.54) is 64.2 Å². The lowest BCUT2D eigenvalue weighted by Crippen LogP contribution is -3.00. The Kier molecular flexibility index (Phi) is 17.0. The number of hydrogen-bond donors (Lipinski definition) is 0. The monoisotopic (exact) mass is 345 g/mol. The minimum Gasteiger partial charge on any atom is -1.00 e. The highest BCUT2D eigenvalue weighted by molar-refractivity contribution is 4.80. The van der Waals surface area contributed by atoms with Crippen molar-refractivity contribution in [2.45, 2.75) is 78.1 Å². The largest absolute Gasteiger partial charge is 1.00 e. The van der Waals surface area contributed by atoms with E-state index >= 15 is 0 Å². The number of rotatable bonds is 12. The van der Waals surface area contributed by atoms with E-state index in [0.29, 0.717) is 0 Å². The quantitative estimate of drug-likeness (QED) is 0.376. The molecule has 0 aliphatic carbocycles. The molecule has 0 radical (unpaired) electrons. The zero-order valence-corrected chi connectivity index (χ0v) is 15.8. The summed E-state index contributed by atoms with van der Waals surface area (Å²) in [6, 6.07) is 0. The lowest BCUT2D eigenvalue weighted by atomic mass is 10.1. The molecule has 0 aromatic carbocycles. The standard InChI is InChI=1S/C18H36N.BrH/c1-5-7-9-11-13-15-17-19(3,4)18-16-14-12-10-8-6-2;/h15-18H,5-14H2,1-4H3;1H/q+1;/p-1. The second kappa shape index (κ2) is 15.3. The van der Waals surface area contributed by atoms with Gasteiger partial charge >= 0.3 is 0 Å². The van der Waals surface area contributed by atoms with E-state index in [4.69, 9.17) is 0 Å². The minimum atomic E-state index is 0. The third-order valence-corrected chi connectivity index (χ3v) is 3.43. The molecule has 0 atom stereocenters. The van der Waals surface area contributed by atoms with Crippen LogP contribution in [0.5, 0.6) is 0 Å². The van der Waals surface area contributed by atoms with Crippen LogP contribution in [0.4, 0.5) is 0 Å². The van der Waals surface area contributed by atoms with E-state index in [-0.39, 0.29) is 17.0 Å². The predicted octanol–water partition coefficient (Wildman–Crippen LogP) is 3.04. The molecule has 0 fully saturated rings. The van der Waals surface area contributed by atoms with Gasteiger partial charge in [-0.15, -0.1) is 0 Å². The van der Waals surface area contributed by atoms with Gasteiger partial charge in [-0.25, -0.2) is 0 Å². The first-order valence-electron chi connectivity index (χ1n) is 8.31. The van der Waals surface area contributed by atoms with E-state index in [2.05, 4.69) is 52.5 Å². The van der Waals surface area contributed by atoms with Crippen LogP contribution in [0.1, 0.15) is 78.1 Å². The lowest BCUT2D eigenvalue weighted by molar-refractivity contribution is -0.784. The Morgan fingerprint density at radius 3 is 1.40 bits per heavy atom. The number of halogens is 1. The first-order chi connectivity index (χ1) is 9.12. The van der Waals surface area contributed by atoms with Crippen LogP contribution in [0.15, 0.2) is 24.6 Å². The molecule has 0 spiro atoms. The van der Waals surface area contributed by atoms with Crippen LogP contribution >= 0.6 is 0 Å². The van der Waals surface area contributed by atoms with E-state index in [9.17, 15) is 0 Å². The van der Waals surface area contributed by atoms with Crippen LogP contribution in [0.25, 0.3) is 0 Å². The van der Waals surface area contributed by atoms with Crippen LogP contribution in [-0.2, 0) is 0 Å². The molecule has 0 aromatic heterocycles. The van der Waals surface area contributed by atoms with Crippen molar-refractivity contribution < 1.29 is 21.5 Å². The number of nitrogens with zero attached hydrogens (tertiary/aromatic N) is 1.